The van der Waals surface area contributed by atoms with Crippen molar-refractivity contribution in [1.82, 2.24) is 14.7 Å². The van der Waals surface area contributed by atoms with E-state index in [1.807, 2.05) is 61.5 Å². The maximum absolute atomic E-state index is 13.5. The molecule has 0 atom stereocenters. The number of halogens is 1. The topological polar surface area (TPSA) is 65.8 Å². The second-order valence-electron chi connectivity index (χ2n) is 8.10. The van der Waals surface area contributed by atoms with Crippen molar-refractivity contribution in [3.8, 4) is 23.1 Å². The first-order valence-corrected chi connectivity index (χ1v) is 11.5. The molecule has 4 aromatic rings. The van der Waals surface area contributed by atoms with Crippen LogP contribution in [0.1, 0.15) is 21.6 Å². The highest BCUT2D eigenvalue weighted by atomic mass is 19.1. The van der Waals surface area contributed by atoms with Crippen molar-refractivity contribution >= 4 is 5.91 Å². The lowest BCUT2D eigenvalue weighted by atomic mass is 10.1. The van der Waals surface area contributed by atoms with Gasteiger partial charge in [-0.1, -0.05) is 30.3 Å². The molecule has 36 heavy (non-hydrogen) atoms. The first kappa shape index (κ1) is 24.9. The Morgan fingerprint density at radius 3 is 2.28 bits per heavy atom. The van der Waals surface area contributed by atoms with Crippen LogP contribution in [0.5, 0.6) is 17.4 Å². The molecule has 0 spiro atoms. The number of rotatable bonds is 10. The normalized spacial score (nSPS) is 10.8. The number of aryl methyl sites for hydroxylation is 1. The van der Waals surface area contributed by atoms with Crippen LogP contribution in [-0.4, -0.2) is 48.0 Å². The smallest absolute Gasteiger partial charge is 0.254 e. The summed E-state index contributed by atoms with van der Waals surface area (Å²) in [6, 6.07) is 22.5. The van der Waals surface area contributed by atoms with Crippen LogP contribution in [0.2, 0.25) is 0 Å². The summed E-state index contributed by atoms with van der Waals surface area (Å²) in [4.78, 5) is 15.0. The van der Waals surface area contributed by atoms with Gasteiger partial charge in [0, 0.05) is 19.2 Å². The number of methoxy groups -OCH3 is 2. The zero-order valence-electron chi connectivity index (χ0n) is 20.5. The molecule has 1 aromatic heterocycles. The van der Waals surface area contributed by atoms with Gasteiger partial charge in [-0.15, -0.1) is 0 Å². The predicted molar refractivity (Wildman–Crippen MR) is 134 cm³/mol. The zero-order valence-corrected chi connectivity index (χ0v) is 20.5. The molecule has 4 rings (SSSR count). The third-order valence-corrected chi connectivity index (χ3v) is 5.71. The number of benzene rings is 3. The van der Waals surface area contributed by atoms with Crippen molar-refractivity contribution in [1.29, 1.82) is 0 Å². The van der Waals surface area contributed by atoms with Crippen molar-refractivity contribution in [3.63, 3.8) is 0 Å². The molecule has 0 saturated heterocycles. The Morgan fingerprint density at radius 2 is 1.61 bits per heavy atom. The van der Waals surface area contributed by atoms with Crippen LogP contribution in [-0.2, 0) is 11.3 Å². The minimum absolute atomic E-state index is 0.211. The van der Waals surface area contributed by atoms with Crippen molar-refractivity contribution in [2.45, 2.75) is 13.5 Å². The summed E-state index contributed by atoms with van der Waals surface area (Å²) in [6.45, 7) is 2.75. The Hall–Kier alpha value is -4.17. The van der Waals surface area contributed by atoms with Gasteiger partial charge in [-0.25, -0.2) is 9.07 Å². The number of para-hydroxylation sites is 3. The molecule has 7 nitrogen and oxygen atoms in total. The highest BCUT2D eigenvalue weighted by Crippen LogP contribution is 2.36. The van der Waals surface area contributed by atoms with E-state index in [1.165, 1.54) is 24.3 Å². The SMILES string of the molecule is COCCN(Cc1c(C)nn(-c2ccccc2)c1Oc1ccccc1OC)C(=O)c1ccc(F)cc1. The van der Waals surface area contributed by atoms with E-state index in [4.69, 9.17) is 19.3 Å². The molecular formula is C28H28FN3O4. The van der Waals surface area contributed by atoms with Gasteiger partial charge < -0.3 is 19.1 Å². The van der Waals surface area contributed by atoms with Crippen LogP contribution in [0, 0.1) is 12.7 Å². The van der Waals surface area contributed by atoms with Gasteiger partial charge in [0.15, 0.2) is 11.5 Å². The van der Waals surface area contributed by atoms with Crippen molar-refractivity contribution in [3.05, 3.63) is 102 Å². The van der Waals surface area contributed by atoms with Crippen molar-refractivity contribution in [2.75, 3.05) is 27.4 Å². The number of carbonyl (C=O) groups is 1. The second kappa shape index (κ2) is 11.5. The molecule has 0 bridgehead atoms. The van der Waals surface area contributed by atoms with Gasteiger partial charge in [-0.3, -0.25) is 4.79 Å². The van der Waals surface area contributed by atoms with Gasteiger partial charge in [-0.05, 0) is 55.5 Å². The van der Waals surface area contributed by atoms with Gasteiger partial charge in [0.05, 0.1) is 37.2 Å². The lowest BCUT2D eigenvalue weighted by molar-refractivity contribution is 0.0679. The number of nitrogens with zero attached hydrogens (tertiary/aromatic N) is 3. The average Bonchev–Trinajstić information content (AvgIpc) is 3.21. The van der Waals surface area contributed by atoms with E-state index in [-0.39, 0.29) is 12.5 Å². The second-order valence-corrected chi connectivity index (χ2v) is 8.10. The summed E-state index contributed by atoms with van der Waals surface area (Å²) in [7, 11) is 3.16. The molecule has 1 heterocycles. The third-order valence-electron chi connectivity index (χ3n) is 5.71. The Balaban J connectivity index is 1.77. The maximum Gasteiger partial charge on any atom is 0.254 e. The quantitative estimate of drug-likeness (QED) is 0.298. The Bertz CT molecular complexity index is 1310. The van der Waals surface area contributed by atoms with Gasteiger partial charge in [0.25, 0.3) is 5.91 Å². The molecule has 0 aliphatic rings. The fourth-order valence-corrected chi connectivity index (χ4v) is 3.80. The Labute approximate surface area is 209 Å². The first-order valence-electron chi connectivity index (χ1n) is 11.5. The molecule has 0 radical (unpaired) electrons. The van der Waals surface area contributed by atoms with Crippen LogP contribution >= 0.6 is 0 Å². The largest absolute Gasteiger partial charge is 0.493 e. The molecule has 0 saturated carbocycles. The number of amides is 1. The molecule has 8 heteroatoms. The fourth-order valence-electron chi connectivity index (χ4n) is 3.80. The van der Waals surface area contributed by atoms with E-state index < -0.39 is 5.82 Å². The molecule has 0 N–H and O–H groups in total. The van der Waals surface area contributed by atoms with E-state index in [1.54, 1.807) is 23.8 Å². The van der Waals surface area contributed by atoms with Crippen LogP contribution in [0.15, 0.2) is 78.9 Å². The van der Waals surface area contributed by atoms with Gasteiger partial charge in [0.2, 0.25) is 5.88 Å². The van der Waals surface area contributed by atoms with Crippen LogP contribution in [0.3, 0.4) is 0 Å². The minimum Gasteiger partial charge on any atom is -0.493 e. The number of aromatic nitrogens is 2. The third kappa shape index (κ3) is 5.55. The van der Waals surface area contributed by atoms with E-state index in [0.29, 0.717) is 41.8 Å². The lowest BCUT2D eigenvalue weighted by Gasteiger charge is -2.23. The highest BCUT2D eigenvalue weighted by molar-refractivity contribution is 5.94. The van der Waals surface area contributed by atoms with Crippen LogP contribution in [0.4, 0.5) is 4.39 Å². The zero-order chi connectivity index (χ0) is 25.5. The summed E-state index contributed by atoms with van der Waals surface area (Å²) >= 11 is 0. The van der Waals surface area contributed by atoms with Gasteiger partial charge >= 0.3 is 0 Å². The predicted octanol–water partition coefficient (Wildman–Crippen LogP) is 5.41. The Kier molecular flexibility index (Phi) is 7.97. The average molecular weight is 490 g/mol. The summed E-state index contributed by atoms with van der Waals surface area (Å²) in [5.74, 6) is 0.911. The summed E-state index contributed by atoms with van der Waals surface area (Å²) in [5, 5.41) is 4.74. The standard InChI is InChI=1S/C28H28FN3O4/c1-20-24(19-31(17-18-34-2)27(33)21-13-15-22(29)16-14-21)28(32(30-20)23-9-5-4-6-10-23)36-26-12-8-7-11-25(26)35-3/h4-16H,17-19H2,1-3H3. The molecule has 1 amide bonds. The molecule has 0 aliphatic carbocycles. The van der Waals surface area contributed by atoms with E-state index in [0.717, 1.165) is 11.3 Å². The number of hydrogen-bond acceptors (Lipinski definition) is 5. The molecule has 0 unspecified atom stereocenters. The minimum atomic E-state index is -0.400. The molecular weight excluding hydrogens is 461 g/mol. The van der Waals surface area contributed by atoms with Crippen molar-refractivity contribution < 1.29 is 23.4 Å². The monoisotopic (exact) mass is 489 g/mol. The lowest BCUT2D eigenvalue weighted by Crippen LogP contribution is -2.33. The van der Waals surface area contributed by atoms with E-state index >= 15 is 0 Å². The molecule has 0 aliphatic heterocycles. The highest BCUT2D eigenvalue weighted by Gasteiger charge is 2.25. The van der Waals surface area contributed by atoms with E-state index in [2.05, 4.69) is 0 Å². The fraction of sp³-hybridized carbons (Fsp3) is 0.214. The first-order chi connectivity index (χ1) is 17.5. The number of ether oxygens (including phenoxy) is 3. The van der Waals surface area contributed by atoms with E-state index in [9.17, 15) is 9.18 Å². The summed E-state index contributed by atoms with van der Waals surface area (Å²) in [6.07, 6.45) is 0. The summed E-state index contributed by atoms with van der Waals surface area (Å²) < 4.78 is 32.3. The maximum atomic E-state index is 13.5. The molecule has 186 valence electrons. The van der Waals surface area contributed by atoms with Crippen LogP contribution in [0.25, 0.3) is 5.69 Å². The Morgan fingerprint density at radius 1 is 0.944 bits per heavy atom. The molecule has 3 aromatic carbocycles. The number of carbonyl (C=O) groups excluding carboxylic acids is 1. The molecule has 0 fully saturated rings. The van der Waals surface area contributed by atoms with Gasteiger partial charge in [-0.2, -0.15) is 5.10 Å². The van der Waals surface area contributed by atoms with Crippen LogP contribution < -0.4 is 9.47 Å². The number of hydrogen-bond donors (Lipinski definition) is 0. The van der Waals surface area contributed by atoms with Gasteiger partial charge in [0.1, 0.15) is 5.82 Å². The van der Waals surface area contributed by atoms with Crippen molar-refractivity contribution in [2.24, 2.45) is 0 Å². The summed E-state index contributed by atoms with van der Waals surface area (Å²) in [5.41, 5.74) is 2.63.